The molecule has 1 aliphatic rings. The molecule has 0 aliphatic carbocycles. The molecule has 28 heavy (non-hydrogen) atoms. The number of carbonyl (C=O) groups is 2. The van der Waals surface area contributed by atoms with Crippen molar-refractivity contribution in [2.24, 2.45) is 0 Å². The van der Waals surface area contributed by atoms with Crippen molar-refractivity contribution in [2.45, 2.75) is 19.9 Å². The molecule has 0 aromatic heterocycles. The average molecular weight is 385 g/mol. The Morgan fingerprint density at radius 2 is 1.61 bits per heavy atom. The lowest BCUT2D eigenvalue weighted by Crippen LogP contribution is -3.28. The number of fused-ring (bicyclic) bond motifs is 1. The molecule has 1 heterocycles. The molecular formula is C22H32N4O2+2. The fraction of sp³-hybridized carbons (Fsp3) is 0.455. The van der Waals surface area contributed by atoms with E-state index >= 15 is 0 Å². The van der Waals surface area contributed by atoms with Gasteiger partial charge in [0.2, 0.25) is 5.91 Å². The molecule has 0 unspecified atom stereocenters. The summed E-state index contributed by atoms with van der Waals surface area (Å²) < 4.78 is 0. The maximum Gasteiger partial charge on any atom is 0.275 e. The van der Waals surface area contributed by atoms with Crippen LogP contribution in [0.15, 0.2) is 42.5 Å². The molecule has 1 saturated heterocycles. The number of piperazine rings is 1. The molecule has 150 valence electrons. The lowest BCUT2D eigenvalue weighted by atomic mass is 10.0. The van der Waals surface area contributed by atoms with E-state index in [9.17, 15) is 9.59 Å². The number of hydrogen-bond acceptors (Lipinski definition) is 2. The van der Waals surface area contributed by atoms with Crippen LogP contribution in [-0.2, 0) is 16.1 Å². The molecule has 0 saturated carbocycles. The topological polar surface area (TPSA) is 67.1 Å². The molecule has 1 aliphatic heterocycles. The Labute approximate surface area is 166 Å². The van der Waals surface area contributed by atoms with Crippen molar-refractivity contribution in [2.75, 3.05) is 45.8 Å². The molecule has 1 fully saturated rings. The highest BCUT2D eigenvalue weighted by Gasteiger charge is 2.25. The molecule has 2 aromatic carbocycles. The Kier molecular flexibility index (Phi) is 7.39. The maximum absolute atomic E-state index is 12.1. The largest absolute Gasteiger partial charge is 0.355 e. The predicted molar refractivity (Wildman–Crippen MR) is 110 cm³/mol. The van der Waals surface area contributed by atoms with E-state index in [-0.39, 0.29) is 18.4 Å². The number of benzene rings is 2. The first-order valence-corrected chi connectivity index (χ1v) is 10.3. The Balaban J connectivity index is 1.42. The Bertz CT molecular complexity index is 795. The molecular weight excluding hydrogens is 352 g/mol. The van der Waals surface area contributed by atoms with Gasteiger partial charge in [-0.2, -0.15) is 0 Å². The number of quaternary nitrogens is 2. The molecule has 6 heteroatoms. The zero-order valence-electron chi connectivity index (χ0n) is 16.7. The van der Waals surface area contributed by atoms with Crippen LogP contribution >= 0.6 is 0 Å². The van der Waals surface area contributed by atoms with Crippen molar-refractivity contribution < 1.29 is 19.4 Å². The fourth-order valence-corrected chi connectivity index (χ4v) is 3.82. The Hall–Kier alpha value is -2.44. The Morgan fingerprint density at radius 1 is 0.893 bits per heavy atom. The summed E-state index contributed by atoms with van der Waals surface area (Å²) in [5, 5.41) is 8.14. The lowest BCUT2D eigenvalue weighted by molar-refractivity contribution is -1.02. The van der Waals surface area contributed by atoms with Gasteiger partial charge in [0.1, 0.15) is 32.7 Å². The summed E-state index contributed by atoms with van der Waals surface area (Å²) in [7, 11) is 0. The quantitative estimate of drug-likeness (QED) is 0.460. The van der Waals surface area contributed by atoms with E-state index in [4.69, 9.17) is 0 Å². The first-order valence-electron chi connectivity index (χ1n) is 10.3. The zero-order valence-corrected chi connectivity index (χ0v) is 16.7. The first-order chi connectivity index (χ1) is 13.7. The van der Waals surface area contributed by atoms with Crippen molar-refractivity contribution in [1.29, 1.82) is 0 Å². The van der Waals surface area contributed by atoms with Crippen LogP contribution in [0.5, 0.6) is 0 Å². The molecule has 0 atom stereocenters. The van der Waals surface area contributed by atoms with Gasteiger partial charge in [-0.3, -0.25) is 9.59 Å². The van der Waals surface area contributed by atoms with E-state index in [2.05, 4.69) is 53.1 Å². The second-order valence-corrected chi connectivity index (χ2v) is 7.62. The molecule has 2 aromatic rings. The third-order valence-corrected chi connectivity index (χ3v) is 5.41. The van der Waals surface area contributed by atoms with E-state index in [0.29, 0.717) is 13.1 Å². The second-order valence-electron chi connectivity index (χ2n) is 7.62. The minimum atomic E-state index is -0.116. The van der Waals surface area contributed by atoms with Crippen LogP contribution in [0.4, 0.5) is 0 Å². The summed E-state index contributed by atoms with van der Waals surface area (Å²) in [4.78, 5) is 26.5. The number of rotatable bonds is 8. The highest BCUT2D eigenvalue weighted by Crippen LogP contribution is 2.17. The van der Waals surface area contributed by atoms with Crippen LogP contribution in [-0.4, -0.2) is 57.6 Å². The summed E-state index contributed by atoms with van der Waals surface area (Å²) in [5.41, 5.74) is 1.40. The summed E-state index contributed by atoms with van der Waals surface area (Å²) in [5.74, 6) is -0.159. The molecule has 0 bridgehead atoms. The molecule has 3 rings (SSSR count). The minimum absolute atomic E-state index is 0.0425. The van der Waals surface area contributed by atoms with Gasteiger partial charge >= 0.3 is 0 Å². The first kappa shape index (κ1) is 20.3. The number of hydrogen-bond donors (Lipinski definition) is 4. The van der Waals surface area contributed by atoms with E-state index in [1.54, 1.807) is 4.90 Å². The van der Waals surface area contributed by atoms with Crippen molar-refractivity contribution >= 4 is 22.6 Å². The third-order valence-electron chi connectivity index (χ3n) is 5.41. The van der Waals surface area contributed by atoms with Gasteiger partial charge < -0.3 is 20.4 Å². The third kappa shape index (κ3) is 5.78. The summed E-state index contributed by atoms with van der Waals surface area (Å²) in [6, 6.07) is 15.1. The van der Waals surface area contributed by atoms with Crippen LogP contribution < -0.4 is 20.4 Å². The molecule has 0 radical (unpaired) electrons. The van der Waals surface area contributed by atoms with Gasteiger partial charge in [0.25, 0.3) is 5.91 Å². The summed E-state index contributed by atoms with van der Waals surface area (Å²) in [6.07, 6.45) is 0.898. The number of carbonyl (C=O) groups excluding carboxylic acids is 2. The zero-order chi connectivity index (χ0) is 19.8. The SMILES string of the molecule is CCCNC(=O)CNC(=O)C[NH+]1CC[NH+](Cc2cccc3ccccc23)CC1. The monoisotopic (exact) mass is 384 g/mol. The van der Waals surface area contributed by atoms with Gasteiger partial charge in [-0.25, -0.2) is 0 Å². The van der Waals surface area contributed by atoms with Crippen LogP contribution in [0, 0.1) is 0 Å². The van der Waals surface area contributed by atoms with Crippen molar-refractivity contribution in [3.63, 3.8) is 0 Å². The number of amides is 2. The Morgan fingerprint density at radius 3 is 2.39 bits per heavy atom. The van der Waals surface area contributed by atoms with E-state index in [1.807, 2.05) is 6.92 Å². The average Bonchev–Trinajstić information content (AvgIpc) is 2.72. The number of nitrogens with one attached hydrogen (secondary N) is 4. The molecule has 2 amide bonds. The van der Waals surface area contributed by atoms with Crippen LogP contribution in [0.3, 0.4) is 0 Å². The summed E-state index contributed by atoms with van der Waals surface area (Å²) >= 11 is 0. The van der Waals surface area contributed by atoms with Crippen molar-refractivity contribution in [3.8, 4) is 0 Å². The van der Waals surface area contributed by atoms with Crippen molar-refractivity contribution in [1.82, 2.24) is 10.6 Å². The molecule has 0 spiro atoms. The van der Waals surface area contributed by atoms with Gasteiger partial charge in [-0.1, -0.05) is 49.4 Å². The normalized spacial score (nSPS) is 19.3. The van der Waals surface area contributed by atoms with Gasteiger partial charge in [0, 0.05) is 12.1 Å². The highest BCUT2D eigenvalue weighted by atomic mass is 16.2. The van der Waals surface area contributed by atoms with Gasteiger partial charge in [0.15, 0.2) is 6.54 Å². The van der Waals surface area contributed by atoms with Gasteiger partial charge in [0.05, 0.1) is 6.54 Å². The summed E-state index contributed by atoms with van der Waals surface area (Å²) in [6.45, 7) is 8.29. The van der Waals surface area contributed by atoms with Gasteiger partial charge in [-0.15, -0.1) is 0 Å². The maximum atomic E-state index is 12.1. The van der Waals surface area contributed by atoms with E-state index in [0.717, 1.165) is 39.1 Å². The fourth-order valence-electron chi connectivity index (χ4n) is 3.82. The second kappa shape index (κ2) is 10.2. The highest BCUT2D eigenvalue weighted by molar-refractivity contribution is 5.85. The van der Waals surface area contributed by atoms with E-state index in [1.165, 1.54) is 21.2 Å². The van der Waals surface area contributed by atoms with Crippen LogP contribution in [0.25, 0.3) is 10.8 Å². The van der Waals surface area contributed by atoms with Crippen LogP contribution in [0.2, 0.25) is 0 Å². The van der Waals surface area contributed by atoms with Crippen molar-refractivity contribution in [3.05, 3.63) is 48.0 Å². The van der Waals surface area contributed by atoms with Crippen LogP contribution in [0.1, 0.15) is 18.9 Å². The standard InChI is InChI=1S/C22H30N4O2/c1-2-10-23-21(27)15-24-22(28)17-26-13-11-25(12-14-26)16-19-8-5-7-18-6-3-4-9-20(18)19/h3-9H,2,10-17H2,1H3,(H,23,27)(H,24,28)/p+2. The lowest BCUT2D eigenvalue weighted by Gasteiger charge is -2.29. The molecule has 6 nitrogen and oxygen atoms in total. The predicted octanol–water partition coefficient (Wildman–Crippen LogP) is -1.23. The molecule has 4 N–H and O–H groups in total. The smallest absolute Gasteiger partial charge is 0.275 e. The van der Waals surface area contributed by atoms with E-state index < -0.39 is 0 Å². The minimum Gasteiger partial charge on any atom is -0.355 e. The van der Waals surface area contributed by atoms with Gasteiger partial charge in [-0.05, 0) is 17.2 Å².